The first-order chi connectivity index (χ1) is 14.7. The van der Waals surface area contributed by atoms with Gasteiger partial charge >= 0.3 is 5.76 Å². The Balaban J connectivity index is 1.69. The van der Waals surface area contributed by atoms with Crippen LogP contribution in [0.2, 0.25) is 0 Å². The van der Waals surface area contributed by atoms with Crippen LogP contribution < -0.4 is 10.5 Å². The Morgan fingerprint density at radius 1 is 1.10 bits per heavy atom. The van der Waals surface area contributed by atoms with Crippen molar-refractivity contribution in [1.82, 2.24) is 9.29 Å². The standard InChI is InChI=1S/C23H24N2O4S2/c1-15(2)13-16-6-8-17(9-7-16)22(21-5-4-12-30-21)24-31(27,28)18-10-11-19-20(14-18)29-23(26)25(19)3/h4-12,14-15,22,24H,13H2,1-3H3. The Labute approximate surface area is 185 Å². The molecule has 1 atom stereocenters. The predicted molar refractivity (Wildman–Crippen MR) is 123 cm³/mol. The third-order valence-electron chi connectivity index (χ3n) is 5.13. The van der Waals surface area contributed by atoms with Gasteiger partial charge in [0.15, 0.2) is 5.58 Å². The van der Waals surface area contributed by atoms with Gasteiger partial charge in [-0.3, -0.25) is 4.57 Å². The summed E-state index contributed by atoms with van der Waals surface area (Å²) >= 11 is 1.49. The molecule has 0 saturated heterocycles. The first-order valence-corrected chi connectivity index (χ1v) is 12.3. The number of fused-ring (bicyclic) bond motifs is 1. The predicted octanol–water partition coefficient (Wildman–Crippen LogP) is 4.46. The molecule has 1 N–H and O–H groups in total. The van der Waals surface area contributed by atoms with E-state index in [1.54, 1.807) is 13.1 Å². The van der Waals surface area contributed by atoms with E-state index in [9.17, 15) is 13.2 Å². The molecule has 8 heteroatoms. The molecule has 2 heterocycles. The number of nitrogens with zero attached hydrogens (tertiary/aromatic N) is 1. The van der Waals surface area contributed by atoms with Crippen LogP contribution in [-0.4, -0.2) is 13.0 Å². The highest BCUT2D eigenvalue weighted by Gasteiger charge is 2.24. The minimum atomic E-state index is -3.87. The van der Waals surface area contributed by atoms with Crippen LogP contribution in [0.25, 0.3) is 11.1 Å². The maximum Gasteiger partial charge on any atom is 0.419 e. The second-order valence-electron chi connectivity index (χ2n) is 7.97. The molecule has 0 fully saturated rings. The summed E-state index contributed by atoms with van der Waals surface area (Å²) in [5, 5.41) is 1.93. The van der Waals surface area contributed by atoms with Gasteiger partial charge in [0.2, 0.25) is 10.0 Å². The van der Waals surface area contributed by atoms with E-state index >= 15 is 0 Å². The van der Waals surface area contributed by atoms with E-state index < -0.39 is 21.8 Å². The van der Waals surface area contributed by atoms with Gasteiger partial charge in [-0.1, -0.05) is 44.2 Å². The number of aryl methyl sites for hydroxylation is 1. The van der Waals surface area contributed by atoms with Crippen LogP contribution in [0, 0.1) is 5.92 Å². The van der Waals surface area contributed by atoms with Crippen molar-refractivity contribution >= 4 is 32.5 Å². The van der Waals surface area contributed by atoms with Gasteiger partial charge in [-0.05, 0) is 47.0 Å². The van der Waals surface area contributed by atoms with E-state index in [0.29, 0.717) is 11.4 Å². The van der Waals surface area contributed by atoms with E-state index in [2.05, 4.69) is 30.7 Å². The van der Waals surface area contributed by atoms with Crippen molar-refractivity contribution < 1.29 is 12.8 Å². The number of benzene rings is 2. The van der Waals surface area contributed by atoms with Crippen molar-refractivity contribution in [1.29, 1.82) is 0 Å². The second-order valence-corrected chi connectivity index (χ2v) is 10.7. The topological polar surface area (TPSA) is 81.3 Å². The van der Waals surface area contributed by atoms with Gasteiger partial charge in [0.25, 0.3) is 0 Å². The van der Waals surface area contributed by atoms with E-state index in [0.717, 1.165) is 16.9 Å². The number of hydrogen-bond donors (Lipinski definition) is 1. The molecule has 0 aliphatic heterocycles. The summed E-state index contributed by atoms with van der Waals surface area (Å²) in [7, 11) is -2.29. The lowest BCUT2D eigenvalue weighted by molar-refractivity contribution is 0.527. The lowest BCUT2D eigenvalue weighted by Crippen LogP contribution is -2.29. The van der Waals surface area contributed by atoms with Gasteiger partial charge in [0.1, 0.15) is 0 Å². The number of hydrogen-bond acceptors (Lipinski definition) is 5. The maximum absolute atomic E-state index is 13.2. The molecular weight excluding hydrogens is 432 g/mol. The second kappa shape index (κ2) is 8.45. The van der Waals surface area contributed by atoms with E-state index in [1.165, 1.54) is 33.6 Å². The number of nitrogens with one attached hydrogen (secondary N) is 1. The van der Waals surface area contributed by atoms with E-state index in [4.69, 9.17) is 4.42 Å². The highest BCUT2D eigenvalue weighted by Crippen LogP contribution is 2.29. The minimum absolute atomic E-state index is 0.0485. The van der Waals surface area contributed by atoms with Crippen LogP contribution in [0.15, 0.2) is 74.1 Å². The summed E-state index contributed by atoms with van der Waals surface area (Å²) in [4.78, 5) is 12.7. The Bertz CT molecular complexity index is 1350. The first kappa shape index (κ1) is 21.5. The molecule has 0 spiro atoms. The van der Waals surface area contributed by atoms with Crippen LogP contribution >= 0.6 is 11.3 Å². The fraction of sp³-hybridized carbons (Fsp3) is 0.261. The van der Waals surface area contributed by atoms with Crippen molar-refractivity contribution in [2.45, 2.75) is 31.2 Å². The Kier molecular flexibility index (Phi) is 5.88. The molecule has 0 bridgehead atoms. The quantitative estimate of drug-likeness (QED) is 0.445. The SMILES string of the molecule is CC(C)Cc1ccc(C(NS(=O)(=O)c2ccc3c(c2)oc(=O)n3C)c2cccs2)cc1. The Hall–Kier alpha value is -2.68. The average molecular weight is 457 g/mol. The minimum Gasteiger partial charge on any atom is -0.408 e. The van der Waals surface area contributed by atoms with Gasteiger partial charge in [0, 0.05) is 18.0 Å². The number of oxazole rings is 1. The molecule has 0 amide bonds. The molecule has 6 nitrogen and oxygen atoms in total. The molecule has 4 aromatic rings. The molecule has 1 unspecified atom stereocenters. The Morgan fingerprint density at radius 2 is 1.84 bits per heavy atom. The van der Waals surface area contributed by atoms with Crippen LogP contribution in [0.3, 0.4) is 0 Å². The number of rotatable bonds is 7. The van der Waals surface area contributed by atoms with E-state index in [1.807, 2.05) is 29.6 Å². The number of thiophene rings is 1. The zero-order valence-electron chi connectivity index (χ0n) is 17.5. The van der Waals surface area contributed by atoms with Crippen LogP contribution in [0.4, 0.5) is 0 Å². The average Bonchev–Trinajstić information content (AvgIpc) is 3.35. The molecule has 4 rings (SSSR count). The summed E-state index contributed by atoms with van der Waals surface area (Å²) in [5.41, 5.74) is 2.86. The number of sulfonamides is 1. The highest BCUT2D eigenvalue weighted by molar-refractivity contribution is 7.89. The van der Waals surface area contributed by atoms with Crippen LogP contribution in [0.5, 0.6) is 0 Å². The van der Waals surface area contributed by atoms with Crippen molar-refractivity contribution in [2.24, 2.45) is 13.0 Å². The molecule has 0 radical (unpaired) electrons. The fourth-order valence-electron chi connectivity index (χ4n) is 3.57. The van der Waals surface area contributed by atoms with Crippen molar-refractivity contribution in [3.8, 4) is 0 Å². The monoisotopic (exact) mass is 456 g/mol. The summed E-state index contributed by atoms with van der Waals surface area (Å²) in [5.74, 6) is 0.0147. The van der Waals surface area contributed by atoms with Gasteiger partial charge in [-0.25, -0.2) is 13.2 Å². The van der Waals surface area contributed by atoms with Crippen molar-refractivity contribution in [3.05, 3.63) is 86.5 Å². The fourth-order valence-corrected chi connectivity index (χ4v) is 5.66. The molecule has 2 aromatic carbocycles. The van der Waals surface area contributed by atoms with Crippen LogP contribution in [-0.2, 0) is 23.5 Å². The zero-order chi connectivity index (χ0) is 22.2. The van der Waals surface area contributed by atoms with Crippen molar-refractivity contribution in [3.63, 3.8) is 0 Å². The Morgan fingerprint density at radius 3 is 2.48 bits per heavy atom. The third kappa shape index (κ3) is 4.51. The molecule has 0 aliphatic rings. The smallest absolute Gasteiger partial charge is 0.408 e. The third-order valence-corrected chi connectivity index (χ3v) is 7.49. The van der Waals surface area contributed by atoms with Gasteiger partial charge < -0.3 is 4.42 Å². The van der Waals surface area contributed by atoms with Gasteiger partial charge in [-0.15, -0.1) is 11.3 Å². The highest BCUT2D eigenvalue weighted by atomic mass is 32.2. The lowest BCUT2D eigenvalue weighted by atomic mass is 9.99. The van der Waals surface area contributed by atoms with Crippen molar-refractivity contribution in [2.75, 3.05) is 0 Å². The largest absolute Gasteiger partial charge is 0.419 e. The van der Waals surface area contributed by atoms with Crippen LogP contribution in [0.1, 0.15) is 35.9 Å². The summed E-state index contributed by atoms with van der Waals surface area (Å²) in [6, 6.07) is 15.8. The summed E-state index contributed by atoms with van der Waals surface area (Å²) < 4.78 is 35.8. The van der Waals surface area contributed by atoms with Gasteiger partial charge in [-0.2, -0.15) is 4.72 Å². The molecular formula is C23H24N2O4S2. The lowest BCUT2D eigenvalue weighted by Gasteiger charge is -2.19. The first-order valence-electron chi connectivity index (χ1n) is 9.99. The molecule has 0 saturated carbocycles. The summed E-state index contributed by atoms with van der Waals surface area (Å²) in [6.45, 7) is 4.34. The van der Waals surface area contributed by atoms with E-state index in [-0.39, 0.29) is 10.5 Å². The zero-order valence-corrected chi connectivity index (χ0v) is 19.2. The summed E-state index contributed by atoms with van der Waals surface area (Å²) in [6.07, 6.45) is 0.970. The molecule has 0 aliphatic carbocycles. The maximum atomic E-state index is 13.2. The van der Waals surface area contributed by atoms with Gasteiger partial charge in [0.05, 0.1) is 16.5 Å². The normalized spacial score (nSPS) is 13.2. The molecule has 31 heavy (non-hydrogen) atoms. The molecule has 162 valence electrons. The molecule has 2 aromatic heterocycles. The number of aromatic nitrogens is 1.